The predicted molar refractivity (Wildman–Crippen MR) is 99.7 cm³/mol. The van der Waals surface area contributed by atoms with Crippen LogP contribution in [0.5, 0.6) is 0 Å². The van der Waals surface area contributed by atoms with Gasteiger partial charge in [0.15, 0.2) is 0 Å². The van der Waals surface area contributed by atoms with Crippen molar-refractivity contribution in [3.05, 3.63) is 88.2 Å². The zero-order chi connectivity index (χ0) is 19.2. The topological polar surface area (TPSA) is 108 Å². The number of nitrogens with one attached hydrogen (secondary N) is 2. The molecule has 0 aliphatic heterocycles. The number of H-pyrrole nitrogens is 1. The molecule has 1 aromatic heterocycles. The van der Waals surface area contributed by atoms with Crippen LogP contribution in [0.2, 0.25) is 0 Å². The number of amides is 1. The molecule has 0 bridgehead atoms. The summed E-state index contributed by atoms with van der Waals surface area (Å²) in [5.74, 6) is -1.28. The minimum absolute atomic E-state index is 0.169. The van der Waals surface area contributed by atoms with Crippen LogP contribution in [0.15, 0.2) is 71.5 Å². The van der Waals surface area contributed by atoms with E-state index >= 15 is 0 Å². The van der Waals surface area contributed by atoms with E-state index in [9.17, 15) is 14.4 Å². The van der Waals surface area contributed by atoms with Crippen molar-refractivity contribution in [1.29, 1.82) is 0 Å². The van der Waals surface area contributed by atoms with Gasteiger partial charge in [-0.25, -0.2) is 9.59 Å². The van der Waals surface area contributed by atoms with Crippen molar-refractivity contribution in [2.75, 3.05) is 5.32 Å². The molecule has 0 aliphatic carbocycles. The Labute approximate surface area is 154 Å². The van der Waals surface area contributed by atoms with Gasteiger partial charge in [0.25, 0.3) is 5.56 Å². The first-order valence-electron chi connectivity index (χ1n) is 8.08. The average molecular weight is 364 g/mol. The Kier molecular flexibility index (Phi) is 5.32. The number of ether oxygens (including phenoxy) is 1. The van der Waals surface area contributed by atoms with Gasteiger partial charge in [0.05, 0.1) is 0 Å². The number of pyridine rings is 1. The Hall–Kier alpha value is -3.87. The molecule has 0 spiro atoms. The van der Waals surface area contributed by atoms with Crippen LogP contribution in [0, 0.1) is 0 Å². The summed E-state index contributed by atoms with van der Waals surface area (Å²) in [5.41, 5.74) is 1.57. The van der Waals surface area contributed by atoms with Crippen LogP contribution in [-0.2, 0) is 11.3 Å². The first kappa shape index (κ1) is 17.9. The van der Waals surface area contributed by atoms with Gasteiger partial charge in [0.2, 0.25) is 0 Å². The zero-order valence-corrected chi connectivity index (χ0v) is 14.1. The number of carboxylic acid groups (broad SMARTS) is 1. The first-order valence-corrected chi connectivity index (χ1v) is 8.08. The second-order valence-corrected chi connectivity index (χ2v) is 5.68. The van der Waals surface area contributed by atoms with Crippen LogP contribution in [0.25, 0.3) is 11.3 Å². The third kappa shape index (κ3) is 4.60. The van der Waals surface area contributed by atoms with E-state index in [-0.39, 0.29) is 12.2 Å². The van der Waals surface area contributed by atoms with Gasteiger partial charge >= 0.3 is 12.1 Å². The Morgan fingerprint density at radius 3 is 2.30 bits per heavy atom. The molecular formula is C20H16N2O5. The van der Waals surface area contributed by atoms with E-state index in [1.807, 2.05) is 30.3 Å². The number of anilines is 1. The maximum atomic E-state index is 11.9. The Morgan fingerprint density at radius 2 is 1.67 bits per heavy atom. The van der Waals surface area contributed by atoms with Gasteiger partial charge in [-0.1, -0.05) is 42.5 Å². The quantitative estimate of drug-likeness (QED) is 0.642. The van der Waals surface area contributed by atoms with E-state index in [4.69, 9.17) is 9.84 Å². The van der Waals surface area contributed by atoms with Crippen molar-refractivity contribution >= 4 is 17.7 Å². The Morgan fingerprint density at radius 1 is 0.963 bits per heavy atom. The molecule has 3 N–H and O–H groups in total. The van der Waals surface area contributed by atoms with Crippen LogP contribution < -0.4 is 10.9 Å². The fourth-order valence-electron chi connectivity index (χ4n) is 2.42. The molecule has 3 aromatic rings. The van der Waals surface area contributed by atoms with Gasteiger partial charge in [-0.3, -0.25) is 10.1 Å². The molecule has 0 atom stereocenters. The molecule has 0 fully saturated rings. The molecule has 27 heavy (non-hydrogen) atoms. The second-order valence-electron chi connectivity index (χ2n) is 5.68. The number of rotatable bonds is 5. The lowest BCUT2D eigenvalue weighted by Gasteiger charge is -2.08. The summed E-state index contributed by atoms with van der Waals surface area (Å²) in [6.45, 7) is 0.169. The van der Waals surface area contributed by atoms with E-state index in [1.165, 1.54) is 12.1 Å². The fraction of sp³-hybridized carbons (Fsp3) is 0.0500. The molecule has 0 radical (unpaired) electrons. The van der Waals surface area contributed by atoms with Gasteiger partial charge in [0, 0.05) is 11.4 Å². The maximum Gasteiger partial charge on any atom is 0.411 e. The number of hydrogen-bond donors (Lipinski definition) is 3. The van der Waals surface area contributed by atoms with Crippen molar-refractivity contribution in [3.63, 3.8) is 0 Å². The largest absolute Gasteiger partial charge is 0.477 e. The van der Waals surface area contributed by atoms with E-state index in [0.717, 1.165) is 5.56 Å². The van der Waals surface area contributed by atoms with E-state index in [2.05, 4.69) is 10.3 Å². The molecule has 0 aliphatic rings. The highest BCUT2D eigenvalue weighted by Gasteiger charge is 2.10. The summed E-state index contributed by atoms with van der Waals surface area (Å²) in [4.78, 5) is 37.0. The Balaban J connectivity index is 1.63. The summed E-state index contributed by atoms with van der Waals surface area (Å²) in [6, 6.07) is 18.8. The second kappa shape index (κ2) is 8.01. The maximum absolute atomic E-state index is 11.9. The zero-order valence-electron chi connectivity index (χ0n) is 14.1. The minimum atomic E-state index is -1.28. The normalized spacial score (nSPS) is 10.2. The third-order valence-electron chi connectivity index (χ3n) is 3.79. The monoisotopic (exact) mass is 364 g/mol. The SMILES string of the molecule is O=C(Nc1ccc(-c2ccc(C(=O)O)c(=O)[nH]2)cc1)OCc1ccccc1. The number of hydrogen-bond acceptors (Lipinski definition) is 4. The summed E-state index contributed by atoms with van der Waals surface area (Å²) < 4.78 is 5.15. The molecular weight excluding hydrogens is 348 g/mol. The van der Waals surface area contributed by atoms with Gasteiger partial charge in [-0.2, -0.15) is 0 Å². The van der Waals surface area contributed by atoms with Crippen molar-refractivity contribution in [1.82, 2.24) is 4.98 Å². The van der Waals surface area contributed by atoms with E-state index in [1.54, 1.807) is 24.3 Å². The summed E-state index contributed by atoms with van der Waals surface area (Å²) in [5, 5.41) is 11.5. The summed E-state index contributed by atoms with van der Waals surface area (Å²) >= 11 is 0. The molecule has 136 valence electrons. The third-order valence-corrected chi connectivity index (χ3v) is 3.79. The van der Waals surface area contributed by atoms with Crippen LogP contribution in [-0.4, -0.2) is 22.2 Å². The number of aromatic carboxylic acids is 1. The first-order chi connectivity index (χ1) is 13.0. The molecule has 2 aromatic carbocycles. The highest BCUT2D eigenvalue weighted by atomic mass is 16.5. The number of aromatic amines is 1. The highest BCUT2D eigenvalue weighted by Crippen LogP contribution is 2.19. The van der Waals surface area contributed by atoms with Gasteiger partial charge < -0.3 is 14.8 Å². The van der Waals surface area contributed by atoms with E-state index < -0.39 is 17.6 Å². The summed E-state index contributed by atoms with van der Waals surface area (Å²) in [6.07, 6.45) is -0.578. The molecule has 0 saturated carbocycles. The van der Waals surface area contributed by atoms with Crippen molar-refractivity contribution in [3.8, 4) is 11.3 Å². The number of benzene rings is 2. The lowest BCUT2D eigenvalue weighted by atomic mass is 10.1. The molecule has 3 rings (SSSR count). The molecule has 7 heteroatoms. The number of carboxylic acids is 1. The van der Waals surface area contributed by atoms with Gasteiger partial charge in [-0.05, 0) is 35.4 Å². The molecule has 0 saturated heterocycles. The smallest absolute Gasteiger partial charge is 0.411 e. The number of aromatic nitrogens is 1. The lowest BCUT2D eigenvalue weighted by molar-refractivity contribution is 0.0695. The standard InChI is InChI=1S/C20H16N2O5/c23-18-16(19(24)25)10-11-17(22-18)14-6-8-15(9-7-14)21-20(26)27-12-13-4-2-1-3-5-13/h1-11H,12H2,(H,21,26)(H,22,23)(H,24,25). The van der Waals surface area contributed by atoms with Crippen molar-refractivity contribution in [2.24, 2.45) is 0 Å². The highest BCUT2D eigenvalue weighted by molar-refractivity contribution is 5.87. The predicted octanol–water partition coefficient (Wildman–Crippen LogP) is 3.49. The average Bonchev–Trinajstić information content (AvgIpc) is 2.67. The lowest BCUT2D eigenvalue weighted by Crippen LogP contribution is -2.17. The van der Waals surface area contributed by atoms with Crippen LogP contribution >= 0.6 is 0 Å². The summed E-state index contributed by atoms with van der Waals surface area (Å²) in [7, 11) is 0. The van der Waals surface area contributed by atoms with Gasteiger partial charge in [-0.15, -0.1) is 0 Å². The molecule has 0 unspecified atom stereocenters. The fourth-order valence-corrected chi connectivity index (χ4v) is 2.42. The van der Waals surface area contributed by atoms with Crippen molar-refractivity contribution in [2.45, 2.75) is 6.61 Å². The number of carbonyl (C=O) groups is 2. The molecule has 7 nitrogen and oxygen atoms in total. The Bertz CT molecular complexity index is 1010. The van der Waals surface area contributed by atoms with E-state index in [0.29, 0.717) is 16.9 Å². The van der Waals surface area contributed by atoms with Gasteiger partial charge in [0.1, 0.15) is 12.2 Å². The minimum Gasteiger partial charge on any atom is -0.477 e. The number of carbonyl (C=O) groups excluding carboxylic acids is 1. The molecule has 1 amide bonds. The van der Waals surface area contributed by atoms with Crippen LogP contribution in [0.4, 0.5) is 10.5 Å². The van der Waals surface area contributed by atoms with Crippen LogP contribution in [0.1, 0.15) is 15.9 Å². The van der Waals surface area contributed by atoms with Crippen LogP contribution in [0.3, 0.4) is 0 Å². The van der Waals surface area contributed by atoms with Crippen molar-refractivity contribution < 1.29 is 19.4 Å². The molecule has 1 heterocycles.